The highest BCUT2D eigenvalue weighted by molar-refractivity contribution is 7.00. The molecule has 2 saturated carbocycles. The second-order valence-corrected chi connectivity index (χ2v) is 33.0. The van der Waals surface area contributed by atoms with E-state index in [0.717, 1.165) is 33.9 Å². The van der Waals surface area contributed by atoms with Crippen molar-refractivity contribution in [3.63, 3.8) is 0 Å². The number of nitrogens with zero attached hydrogens (tertiary/aromatic N) is 4. The molecule has 2 aliphatic heterocycles. The Balaban J connectivity index is 1.20. The number of hydrogen-bond acceptors (Lipinski definition) is 4. The van der Waals surface area contributed by atoms with Crippen LogP contribution in [0.3, 0.4) is 0 Å². The SMILES string of the molecule is CC(C)(C)c1ccc(N2c3ccc(C4CCCCC4)cc3B3c4cc(C5CCCCC5)ccc4N(c4ccc(C(C)(C)C)cc4)c4cc(-c5cc(-c6cc(C(C)(C)C)cc(C(C)(C)C)c6)nc(-c6cc(C(C)(C)C)cc(C(C)(C)C)c6)n5)cc2c43)cc1. The Morgan fingerprint density at radius 3 is 1.00 bits per heavy atom. The van der Waals surface area contributed by atoms with Crippen LogP contribution in [0.1, 0.15) is 245 Å². The van der Waals surface area contributed by atoms with E-state index < -0.39 is 0 Å². The molecule has 0 amide bonds. The Labute approximate surface area is 525 Å². The van der Waals surface area contributed by atoms with Crippen LogP contribution >= 0.6 is 0 Å². The van der Waals surface area contributed by atoms with E-state index in [-0.39, 0.29) is 39.2 Å². The molecule has 450 valence electrons. The lowest BCUT2D eigenvalue weighted by molar-refractivity contribution is 0.444. The topological polar surface area (TPSA) is 32.3 Å². The highest BCUT2D eigenvalue weighted by atomic mass is 15.2. The Hall–Kier alpha value is -6.72. The molecule has 8 aromatic rings. The highest BCUT2D eigenvalue weighted by Gasteiger charge is 2.45. The lowest BCUT2D eigenvalue weighted by Gasteiger charge is -2.45. The first-order chi connectivity index (χ1) is 40.9. The standard InChI is InChI=1S/C82H99BN4/c1-77(2,3)59-31-35-65(36-32-59)86-71-39-29-54(52-25-21-19-22-26-52)45-67(71)83-68-46-55(53-27-23-20-24-28-53)30-40-72(68)87(66-37-33-60(34-38-66)78(4,5)6)74-48-57(47-73(86)75(74)83)70-51-69(56-41-61(79(7,8)9)49-62(42-56)80(10,11)12)84-76(85-70)58-43-63(81(13,14)15)50-64(44-58)82(16,17)18/h29-53H,19-28H2,1-18H3. The highest BCUT2D eigenvalue weighted by Crippen LogP contribution is 2.49. The zero-order valence-electron chi connectivity index (χ0n) is 56.4. The lowest BCUT2D eigenvalue weighted by atomic mass is 9.33. The minimum absolute atomic E-state index is 0.000219. The van der Waals surface area contributed by atoms with Crippen LogP contribution in [0.15, 0.2) is 140 Å². The van der Waals surface area contributed by atoms with Gasteiger partial charge >= 0.3 is 0 Å². The van der Waals surface area contributed by atoms with Gasteiger partial charge in [-0.1, -0.05) is 224 Å². The first kappa shape index (κ1) is 60.6. The van der Waals surface area contributed by atoms with Crippen molar-refractivity contribution in [2.24, 2.45) is 0 Å². The molecule has 0 atom stereocenters. The number of fused-ring (bicyclic) bond motifs is 4. The van der Waals surface area contributed by atoms with Crippen LogP contribution in [0.5, 0.6) is 0 Å². The van der Waals surface area contributed by atoms with Gasteiger partial charge < -0.3 is 9.80 Å². The molecule has 1 aromatic heterocycles. The maximum atomic E-state index is 5.89. The Morgan fingerprint density at radius 2 is 0.655 bits per heavy atom. The van der Waals surface area contributed by atoms with Crippen molar-refractivity contribution in [2.75, 3.05) is 9.80 Å². The summed E-state index contributed by atoms with van der Waals surface area (Å²) in [6.07, 6.45) is 12.9. The average molecular weight is 1150 g/mol. The van der Waals surface area contributed by atoms with E-state index in [1.807, 2.05) is 0 Å². The molecule has 0 radical (unpaired) electrons. The van der Waals surface area contributed by atoms with Gasteiger partial charge in [-0.25, -0.2) is 9.97 Å². The Bertz CT molecular complexity index is 3570. The van der Waals surface area contributed by atoms with E-state index in [1.54, 1.807) is 0 Å². The molecule has 0 bridgehead atoms. The van der Waals surface area contributed by atoms with Crippen LogP contribution < -0.4 is 26.2 Å². The molecule has 7 aromatic carbocycles. The summed E-state index contributed by atoms with van der Waals surface area (Å²) < 4.78 is 0. The first-order valence-corrected chi connectivity index (χ1v) is 33.4. The van der Waals surface area contributed by atoms with E-state index >= 15 is 0 Å². The molecular formula is C82H99BN4. The molecule has 0 spiro atoms. The van der Waals surface area contributed by atoms with Gasteiger partial charge in [0.2, 0.25) is 0 Å². The van der Waals surface area contributed by atoms with Crippen LogP contribution in [0.4, 0.5) is 34.1 Å². The molecule has 0 saturated heterocycles. The van der Waals surface area contributed by atoms with E-state index in [0.29, 0.717) is 11.8 Å². The van der Waals surface area contributed by atoms with Crippen molar-refractivity contribution in [3.8, 4) is 33.9 Å². The van der Waals surface area contributed by atoms with Crippen molar-refractivity contribution >= 4 is 57.2 Å². The molecule has 4 aliphatic rings. The van der Waals surface area contributed by atoms with E-state index in [1.165, 1.54) is 159 Å². The van der Waals surface area contributed by atoms with Crippen molar-refractivity contribution in [1.29, 1.82) is 0 Å². The summed E-state index contributed by atoms with van der Waals surface area (Å²) in [6.45, 7) is 41.9. The van der Waals surface area contributed by atoms with Crippen LogP contribution in [0.25, 0.3) is 33.9 Å². The summed E-state index contributed by atoms with van der Waals surface area (Å²) in [5.74, 6) is 1.87. The molecule has 2 fully saturated rings. The molecule has 12 rings (SSSR count). The summed E-state index contributed by atoms with van der Waals surface area (Å²) in [7, 11) is 0. The zero-order valence-corrected chi connectivity index (χ0v) is 56.4. The number of aromatic nitrogens is 2. The van der Waals surface area contributed by atoms with E-state index in [9.17, 15) is 0 Å². The normalized spacial score (nSPS) is 16.2. The van der Waals surface area contributed by atoms with Crippen LogP contribution in [0, 0.1) is 0 Å². The van der Waals surface area contributed by atoms with Crippen LogP contribution in [0.2, 0.25) is 0 Å². The minimum Gasteiger partial charge on any atom is -0.311 e. The predicted octanol–water partition coefficient (Wildman–Crippen LogP) is 21.4. The fourth-order valence-electron chi connectivity index (χ4n) is 14.5. The minimum atomic E-state index is -0.0964. The van der Waals surface area contributed by atoms with Crippen molar-refractivity contribution in [2.45, 2.75) is 233 Å². The smallest absolute Gasteiger partial charge is 0.252 e. The zero-order chi connectivity index (χ0) is 61.9. The number of benzene rings is 7. The monoisotopic (exact) mass is 1150 g/mol. The van der Waals surface area contributed by atoms with E-state index in [4.69, 9.17) is 9.97 Å². The number of hydrogen-bond donors (Lipinski definition) is 0. The molecule has 4 nitrogen and oxygen atoms in total. The van der Waals surface area contributed by atoms with Gasteiger partial charge in [0.1, 0.15) is 0 Å². The second kappa shape index (κ2) is 22.1. The quantitative estimate of drug-likeness (QED) is 0.149. The van der Waals surface area contributed by atoms with Gasteiger partial charge in [-0.05, 0) is 210 Å². The Morgan fingerprint density at radius 1 is 0.322 bits per heavy atom. The fraction of sp³-hybridized carbons (Fsp3) is 0.439. The molecule has 3 heterocycles. The number of anilines is 6. The summed E-state index contributed by atoms with van der Waals surface area (Å²) in [5, 5.41) is 0. The largest absolute Gasteiger partial charge is 0.311 e. The van der Waals surface area contributed by atoms with Crippen LogP contribution in [-0.2, 0) is 32.5 Å². The van der Waals surface area contributed by atoms with E-state index in [2.05, 4.69) is 274 Å². The van der Waals surface area contributed by atoms with Gasteiger partial charge in [0, 0.05) is 50.8 Å². The van der Waals surface area contributed by atoms with Gasteiger partial charge in [-0.2, -0.15) is 0 Å². The molecule has 5 heteroatoms. The van der Waals surface area contributed by atoms with Gasteiger partial charge in [0.25, 0.3) is 6.71 Å². The van der Waals surface area contributed by atoms with Crippen LogP contribution in [-0.4, -0.2) is 16.7 Å². The predicted molar refractivity (Wildman–Crippen MR) is 376 cm³/mol. The Kier molecular flexibility index (Phi) is 15.4. The lowest BCUT2D eigenvalue weighted by Crippen LogP contribution is -2.61. The number of rotatable bonds is 7. The first-order valence-electron chi connectivity index (χ1n) is 33.4. The van der Waals surface area contributed by atoms with Gasteiger partial charge in [0.05, 0.1) is 11.4 Å². The maximum absolute atomic E-state index is 5.89. The third kappa shape index (κ3) is 11.9. The van der Waals surface area contributed by atoms with Gasteiger partial charge in [0.15, 0.2) is 5.82 Å². The summed E-state index contributed by atoms with van der Waals surface area (Å²) in [5.41, 5.74) is 27.0. The van der Waals surface area contributed by atoms with Gasteiger partial charge in [-0.3, -0.25) is 0 Å². The maximum Gasteiger partial charge on any atom is 0.252 e. The van der Waals surface area contributed by atoms with Crippen molar-refractivity contribution in [1.82, 2.24) is 9.97 Å². The summed E-state index contributed by atoms with van der Waals surface area (Å²) in [4.78, 5) is 16.9. The molecular weight excluding hydrogens is 1050 g/mol. The third-order valence-electron chi connectivity index (χ3n) is 20.2. The fourth-order valence-corrected chi connectivity index (χ4v) is 14.5. The van der Waals surface area contributed by atoms with Crippen molar-refractivity contribution in [3.05, 3.63) is 184 Å². The molecule has 2 aliphatic carbocycles. The second-order valence-electron chi connectivity index (χ2n) is 33.0. The third-order valence-corrected chi connectivity index (χ3v) is 20.2. The molecule has 0 N–H and O–H groups in total. The molecule has 87 heavy (non-hydrogen) atoms. The molecule has 0 unspecified atom stereocenters. The summed E-state index contributed by atoms with van der Waals surface area (Å²) in [6, 6.07) is 56.2. The van der Waals surface area contributed by atoms with Gasteiger partial charge in [-0.15, -0.1) is 0 Å². The van der Waals surface area contributed by atoms with Crippen molar-refractivity contribution < 1.29 is 0 Å². The average Bonchev–Trinajstić information content (AvgIpc) is 0.828. The summed E-state index contributed by atoms with van der Waals surface area (Å²) >= 11 is 0.